The first kappa shape index (κ1) is 38.7. The van der Waals surface area contributed by atoms with E-state index in [1.165, 1.54) is 20.8 Å². The lowest BCUT2D eigenvalue weighted by atomic mass is 10.0. The van der Waals surface area contributed by atoms with Gasteiger partial charge in [-0.15, -0.1) is 0 Å². The lowest BCUT2D eigenvalue weighted by Crippen LogP contribution is -2.56. The quantitative estimate of drug-likeness (QED) is 0.0552. The highest BCUT2D eigenvalue weighted by atomic mass is 16.4. The molecular formula is C25H44N8O10. The third-order valence-electron chi connectivity index (χ3n) is 6.05. The van der Waals surface area contributed by atoms with Gasteiger partial charge in [0.2, 0.25) is 35.4 Å². The Bertz CT molecular complexity index is 1020. The smallest absolute Gasteiger partial charge is 0.326 e. The second-order valence-electron chi connectivity index (χ2n) is 10.2. The zero-order valence-electron chi connectivity index (χ0n) is 24.5. The Kier molecular flexibility index (Phi) is 17.8. The maximum Gasteiger partial charge on any atom is 0.326 e. The summed E-state index contributed by atoms with van der Waals surface area (Å²) in [6, 6.07) is -6.42. The molecule has 0 radical (unpaired) electrons. The molecule has 0 aromatic rings. The van der Waals surface area contributed by atoms with Crippen molar-refractivity contribution in [1.82, 2.24) is 26.6 Å². The van der Waals surface area contributed by atoms with Crippen LogP contribution in [0.2, 0.25) is 0 Å². The molecule has 5 atom stereocenters. The molecule has 18 heteroatoms. The summed E-state index contributed by atoms with van der Waals surface area (Å²) in [5.41, 5.74) is 16.4. The van der Waals surface area contributed by atoms with Gasteiger partial charge in [-0.05, 0) is 38.6 Å². The minimum atomic E-state index is -1.64. The van der Waals surface area contributed by atoms with Crippen LogP contribution in [-0.4, -0.2) is 101 Å². The van der Waals surface area contributed by atoms with Crippen molar-refractivity contribution in [2.45, 2.75) is 89.5 Å². The summed E-state index contributed by atoms with van der Waals surface area (Å²) >= 11 is 0. The van der Waals surface area contributed by atoms with Crippen molar-refractivity contribution < 1.29 is 48.6 Å². The summed E-state index contributed by atoms with van der Waals surface area (Å²) in [5.74, 6) is -8.43. The summed E-state index contributed by atoms with van der Waals surface area (Å²) in [4.78, 5) is 96.4. The van der Waals surface area contributed by atoms with Gasteiger partial charge < -0.3 is 54.0 Å². The Morgan fingerprint density at radius 3 is 1.86 bits per heavy atom. The van der Waals surface area contributed by atoms with Gasteiger partial charge in [0, 0.05) is 6.42 Å². The molecule has 0 heterocycles. The Balaban J connectivity index is 5.19. The van der Waals surface area contributed by atoms with Crippen LogP contribution in [-0.2, 0) is 38.4 Å². The third-order valence-corrected chi connectivity index (χ3v) is 6.05. The van der Waals surface area contributed by atoms with Crippen molar-refractivity contribution in [3.8, 4) is 0 Å². The van der Waals surface area contributed by atoms with Gasteiger partial charge in [0.15, 0.2) is 0 Å². The molecule has 0 fully saturated rings. The lowest BCUT2D eigenvalue weighted by molar-refractivity contribution is -0.144. The number of carbonyl (C=O) groups excluding carboxylic acids is 6. The van der Waals surface area contributed by atoms with E-state index in [0.717, 1.165) is 0 Å². The van der Waals surface area contributed by atoms with Gasteiger partial charge in [0.25, 0.3) is 0 Å². The van der Waals surface area contributed by atoms with Gasteiger partial charge >= 0.3 is 11.9 Å². The first-order chi connectivity index (χ1) is 20.0. The standard InChI is InChI=1S/C25H44N8O10/c1-12(2)20(25(42)43)33-24(41)16(10-19(36)37)31-18(35)11-29-21(38)13(3)30-23(40)15(7-8-17(28)34)32-22(39)14(27)6-4-5-9-26/h12-16,20H,4-11,26-27H2,1-3H3,(H2,28,34)(H,29,38)(H,30,40)(H,31,35)(H,32,39)(H,33,41)(H,36,37)(H,42,43)/t13-,14+,15-,16+,20-/m0/s1. The zero-order chi connectivity index (χ0) is 33.3. The molecule has 0 bridgehead atoms. The van der Waals surface area contributed by atoms with Crippen LogP contribution in [0, 0.1) is 5.92 Å². The molecule has 0 aromatic carbocycles. The number of unbranched alkanes of at least 4 members (excludes halogenated alkanes) is 1. The van der Waals surface area contributed by atoms with E-state index in [-0.39, 0.29) is 12.8 Å². The van der Waals surface area contributed by atoms with Gasteiger partial charge in [-0.25, -0.2) is 4.79 Å². The molecule has 0 aliphatic carbocycles. The Morgan fingerprint density at radius 2 is 1.35 bits per heavy atom. The lowest BCUT2D eigenvalue weighted by Gasteiger charge is -2.23. The summed E-state index contributed by atoms with van der Waals surface area (Å²) in [5, 5.41) is 29.6. The van der Waals surface area contributed by atoms with Crippen LogP contribution in [0.15, 0.2) is 0 Å². The van der Waals surface area contributed by atoms with Crippen molar-refractivity contribution >= 4 is 47.4 Å². The Hall–Kier alpha value is -4.32. The molecular weight excluding hydrogens is 572 g/mol. The van der Waals surface area contributed by atoms with Gasteiger partial charge in [-0.2, -0.15) is 0 Å². The van der Waals surface area contributed by atoms with Crippen LogP contribution in [0.25, 0.3) is 0 Å². The summed E-state index contributed by atoms with van der Waals surface area (Å²) in [6.45, 7) is 4.01. The number of hydrogen-bond donors (Lipinski definition) is 10. The molecule has 13 N–H and O–H groups in total. The van der Waals surface area contributed by atoms with E-state index in [1.54, 1.807) is 0 Å². The molecule has 0 aliphatic rings. The molecule has 0 unspecified atom stereocenters. The molecule has 0 saturated carbocycles. The average molecular weight is 617 g/mol. The monoisotopic (exact) mass is 616 g/mol. The second-order valence-corrected chi connectivity index (χ2v) is 10.2. The normalized spacial score (nSPS) is 14.3. The molecule has 0 spiro atoms. The number of primary amides is 1. The molecule has 244 valence electrons. The zero-order valence-corrected chi connectivity index (χ0v) is 24.5. The van der Waals surface area contributed by atoms with Crippen LogP contribution in [0.3, 0.4) is 0 Å². The maximum atomic E-state index is 12.8. The first-order valence-corrected chi connectivity index (χ1v) is 13.7. The van der Waals surface area contributed by atoms with E-state index in [9.17, 15) is 43.5 Å². The fraction of sp³-hybridized carbons (Fsp3) is 0.680. The van der Waals surface area contributed by atoms with Crippen molar-refractivity contribution in [3.05, 3.63) is 0 Å². The number of hydrogen-bond acceptors (Lipinski definition) is 10. The van der Waals surface area contributed by atoms with E-state index in [0.29, 0.717) is 25.8 Å². The molecule has 43 heavy (non-hydrogen) atoms. The third kappa shape index (κ3) is 16.0. The molecule has 0 aliphatic heterocycles. The number of aliphatic carboxylic acids is 2. The number of nitrogens with two attached hydrogens (primary N) is 3. The number of carboxylic acids is 2. The number of rotatable bonds is 21. The molecule has 0 aromatic heterocycles. The van der Waals surface area contributed by atoms with E-state index in [4.69, 9.17) is 22.3 Å². The van der Waals surface area contributed by atoms with Crippen LogP contribution in [0.1, 0.15) is 59.3 Å². The van der Waals surface area contributed by atoms with Crippen LogP contribution in [0.5, 0.6) is 0 Å². The van der Waals surface area contributed by atoms with E-state index < -0.39 is 96.5 Å². The van der Waals surface area contributed by atoms with Crippen LogP contribution in [0.4, 0.5) is 0 Å². The molecule has 6 amide bonds. The van der Waals surface area contributed by atoms with Gasteiger partial charge in [0.1, 0.15) is 24.2 Å². The SMILES string of the molecule is CC(C)[C@H](NC(=O)[C@@H](CC(=O)O)NC(=O)CNC(=O)[C@H](C)NC(=O)[C@H](CCC(N)=O)NC(=O)[C@H](N)CCCCN)C(=O)O. The largest absolute Gasteiger partial charge is 0.481 e. The fourth-order valence-electron chi connectivity index (χ4n) is 3.57. The predicted molar refractivity (Wildman–Crippen MR) is 150 cm³/mol. The van der Waals surface area contributed by atoms with Crippen LogP contribution < -0.4 is 43.8 Å². The Labute approximate surface area is 248 Å². The highest BCUT2D eigenvalue weighted by molar-refractivity contribution is 5.96. The molecule has 0 saturated heterocycles. The molecule has 18 nitrogen and oxygen atoms in total. The van der Waals surface area contributed by atoms with Gasteiger partial charge in [-0.3, -0.25) is 33.6 Å². The summed E-state index contributed by atoms with van der Waals surface area (Å²) < 4.78 is 0. The minimum Gasteiger partial charge on any atom is -0.481 e. The second kappa shape index (κ2) is 19.7. The van der Waals surface area contributed by atoms with Crippen molar-refractivity contribution in [2.24, 2.45) is 23.1 Å². The Morgan fingerprint density at radius 1 is 0.744 bits per heavy atom. The average Bonchev–Trinajstić information content (AvgIpc) is 2.90. The van der Waals surface area contributed by atoms with E-state index >= 15 is 0 Å². The summed E-state index contributed by atoms with van der Waals surface area (Å²) in [6.07, 6.45) is 0.242. The summed E-state index contributed by atoms with van der Waals surface area (Å²) in [7, 11) is 0. The number of carbonyl (C=O) groups is 8. The van der Waals surface area contributed by atoms with Gasteiger partial charge in [0.05, 0.1) is 19.0 Å². The van der Waals surface area contributed by atoms with E-state index in [2.05, 4.69) is 26.6 Å². The van der Waals surface area contributed by atoms with Crippen molar-refractivity contribution in [3.63, 3.8) is 0 Å². The van der Waals surface area contributed by atoms with Crippen molar-refractivity contribution in [2.75, 3.05) is 13.1 Å². The minimum absolute atomic E-state index is 0.175. The maximum absolute atomic E-state index is 12.8. The number of amides is 6. The number of carboxylic acid groups (broad SMARTS) is 2. The van der Waals surface area contributed by atoms with Gasteiger partial charge in [-0.1, -0.05) is 20.3 Å². The topological polar surface area (TPSA) is 315 Å². The van der Waals surface area contributed by atoms with Crippen molar-refractivity contribution in [1.29, 1.82) is 0 Å². The fourth-order valence-corrected chi connectivity index (χ4v) is 3.57. The predicted octanol–water partition coefficient (Wildman–Crippen LogP) is -4.00. The highest BCUT2D eigenvalue weighted by Crippen LogP contribution is 2.05. The van der Waals surface area contributed by atoms with Crippen LogP contribution >= 0.6 is 0 Å². The van der Waals surface area contributed by atoms with E-state index in [1.807, 2.05) is 0 Å². The first-order valence-electron chi connectivity index (χ1n) is 13.7. The molecule has 0 rings (SSSR count). The number of nitrogens with one attached hydrogen (secondary N) is 5. The highest BCUT2D eigenvalue weighted by Gasteiger charge is 2.30.